The van der Waals surface area contributed by atoms with Crippen LogP contribution >= 0.6 is 0 Å². The van der Waals surface area contributed by atoms with E-state index >= 15 is 0 Å². The number of nitrogens with zero attached hydrogens (tertiary/aromatic N) is 5. The van der Waals surface area contributed by atoms with Crippen LogP contribution in [-0.2, 0) is 6.54 Å². The van der Waals surface area contributed by atoms with Crippen molar-refractivity contribution in [1.29, 1.82) is 0 Å². The van der Waals surface area contributed by atoms with Crippen LogP contribution in [0, 0.1) is 0 Å². The lowest BCUT2D eigenvalue weighted by atomic mass is 10.0. The molecule has 4 rings (SSSR count). The molecule has 0 saturated carbocycles. The van der Waals surface area contributed by atoms with E-state index in [1.165, 1.54) is 5.56 Å². The summed E-state index contributed by atoms with van der Waals surface area (Å²) >= 11 is 0. The molecule has 2 aromatic carbocycles. The molecule has 1 N–H and O–H groups in total. The van der Waals surface area contributed by atoms with Gasteiger partial charge >= 0.3 is 0 Å². The van der Waals surface area contributed by atoms with Gasteiger partial charge in [-0.15, -0.1) is 5.10 Å². The first-order valence-corrected chi connectivity index (χ1v) is 8.67. The van der Waals surface area contributed by atoms with Crippen LogP contribution in [0.25, 0.3) is 0 Å². The van der Waals surface area contributed by atoms with Crippen molar-refractivity contribution in [3.8, 4) is 0 Å². The summed E-state index contributed by atoms with van der Waals surface area (Å²) in [5, 5.41) is 14.6. The third-order valence-electron chi connectivity index (χ3n) is 4.60. The summed E-state index contributed by atoms with van der Waals surface area (Å²) in [4.78, 5) is 14.8. The minimum absolute atomic E-state index is 0.0707. The number of hydrogen-bond acceptors (Lipinski definition) is 5. The van der Waals surface area contributed by atoms with Crippen molar-refractivity contribution in [3.63, 3.8) is 0 Å². The summed E-state index contributed by atoms with van der Waals surface area (Å²) in [6.45, 7) is 2.78. The minimum atomic E-state index is 0.0707. The van der Waals surface area contributed by atoms with Crippen LogP contribution in [0.4, 0.5) is 0 Å². The second-order valence-electron chi connectivity index (χ2n) is 6.37. The van der Waals surface area contributed by atoms with E-state index in [2.05, 4.69) is 33.0 Å². The van der Waals surface area contributed by atoms with Crippen LogP contribution in [0.3, 0.4) is 0 Å². The summed E-state index contributed by atoms with van der Waals surface area (Å²) in [5.41, 5.74) is 2.97. The normalized spacial score (nSPS) is 17.2. The van der Waals surface area contributed by atoms with E-state index < -0.39 is 0 Å². The van der Waals surface area contributed by atoms with E-state index in [-0.39, 0.29) is 11.9 Å². The number of hydrogen-bond donors (Lipinski definition) is 1. The Kier molecular flexibility index (Phi) is 4.70. The van der Waals surface area contributed by atoms with Crippen molar-refractivity contribution in [2.45, 2.75) is 12.6 Å². The number of piperazine rings is 1. The predicted octanol–water partition coefficient (Wildman–Crippen LogP) is 1.51. The van der Waals surface area contributed by atoms with Gasteiger partial charge in [0.2, 0.25) is 0 Å². The quantitative estimate of drug-likeness (QED) is 0.773. The summed E-state index contributed by atoms with van der Waals surface area (Å²) in [6.07, 6.45) is 1.57. The van der Waals surface area contributed by atoms with Crippen LogP contribution in [0.5, 0.6) is 0 Å². The number of amides is 1. The SMILES string of the molecule is O=C(c1ccc(Cn2cnnn2)cc1)N1CCNC(c2ccccc2)C1. The molecule has 26 heavy (non-hydrogen) atoms. The number of benzene rings is 2. The van der Waals surface area contributed by atoms with Gasteiger partial charge in [-0.2, -0.15) is 0 Å². The van der Waals surface area contributed by atoms with Crippen molar-refractivity contribution in [2.24, 2.45) is 0 Å². The Morgan fingerprint density at radius 1 is 1.12 bits per heavy atom. The molecule has 7 nitrogen and oxygen atoms in total. The molecule has 2 heterocycles. The van der Waals surface area contributed by atoms with Gasteiger partial charge in [0, 0.05) is 31.2 Å². The summed E-state index contributed by atoms with van der Waals surface area (Å²) in [5.74, 6) is 0.0707. The Hall–Kier alpha value is -3.06. The van der Waals surface area contributed by atoms with Gasteiger partial charge < -0.3 is 10.2 Å². The van der Waals surface area contributed by atoms with Crippen molar-refractivity contribution >= 4 is 5.91 Å². The van der Waals surface area contributed by atoms with E-state index in [0.29, 0.717) is 25.2 Å². The van der Waals surface area contributed by atoms with E-state index in [9.17, 15) is 4.79 Å². The largest absolute Gasteiger partial charge is 0.335 e. The van der Waals surface area contributed by atoms with E-state index in [1.807, 2.05) is 47.4 Å². The highest BCUT2D eigenvalue weighted by Crippen LogP contribution is 2.19. The van der Waals surface area contributed by atoms with Gasteiger partial charge in [-0.3, -0.25) is 4.79 Å². The van der Waals surface area contributed by atoms with Crippen LogP contribution in [0.2, 0.25) is 0 Å². The zero-order valence-electron chi connectivity index (χ0n) is 14.3. The van der Waals surface area contributed by atoms with Gasteiger partial charge in [0.15, 0.2) is 0 Å². The highest BCUT2D eigenvalue weighted by molar-refractivity contribution is 5.94. The third-order valence-corrected chi connectivity index (χ3v) is 4.60. The molecule has 1 saturated heterocycles. The van der Waals surface area contributed by atoms with Gasteiger partial charge in [-0.25, -0.2) is 4.68 Å². The molecule has 1 unspecified atom stereocenters. The van der Waals surface area contributed by atoms with Gasteiger partial charge in [-0.1, -0.05) is 42.5 Å². The number of tetrazole rings is 1. The lowest BCUT2D eigenvalue weighted by molar-refractivity contribution is 0.0703. The molecular formula is C19H20N6O. The Balaban J connectivity index is 1.43. The smallest absolute Gasteiger partial charge is 0.253 e. The molecule has 0 spiro atoms. The van der Waals surface area contributed by atoms with Crippen molar-refractivity contribution in [3.05, 3.63) is 77.6 Å². The lowest BCUT2D eigenvalue weighted by Crippen LogP contribution is -2.48. The topological polar surface area (TPSA) is 75.9 Å². The molecule has 132 valence electrons. The number of carbonyl (C=O) groups is 1. The fraction of sp³-hybridized carbons (Fsp3) is 0.263. The van der Waals surface area contributed by atoms with Gasteiger partial charge in [0.25, 0.3) is 5.91 Å². The first kappa shape index (κ1) is 16.4. The Labute approximate surface area is 151 Å². The molecule has 1 atom stereocenters. The van der Waals surface area contributed by atoms with Crippen LogP contribution in [0.15, 0.2) is 60.9 Å². The molecule has 0 radical (unpaired) electrons. The van der Waals surface area contributed by atoms with Crippen molar-refractivity contribution < 1.29 is 4.79 Å². The first-order valence-electron chi connectivity index (χ1n) is 8.67. The summed E-state index contributed by atoms with van der Waals surface area (Å²) < 4.78 is 1.65. The molecular weight excluding hydrogens is 328 g/mol. The first-order chi connectivity index (χ1) is 12.8. The molecule has 0 bridgehead atoms. The number of nitrogens with one attached hydrogen (secondary N) is 1. The lowest BCUT2D eigenvalue weighted by Gasteiger charge is -2.34. The van der Waals surface area contributed by atoms with Crippen LogP contribution < -0.4 is 5.32 Å². The van der Waals surface area contributed by atoms with Crippen LogP contribution in [0.1, 0.15) is 27.5 Å². The molecule has 1 fully saturated rings. The van der Waals surface area contributed by atoms with E-state index in [0.717, 1.165) is 12.1 Å². The van der Waals surface area contributed by atoms with E-state index in [4.69, 9.17) is 0 Å². The molecule has 1 aromatic heterocycles. The summed E-state index contributed by atoms with van der Waals surface area (Å²) in [7, 11) is 0. The monoisotopic (exact) mass is 348 g/mol. The summed E-state index contributed by atoms with van der Waals surface area (Å²) in [6, 6.07) is 18.1. The standard InChI is InChI=1S/C19H20N6O/c26-19(17-8-6-15(7-9-17)12-25-14-21-22-23-25)24-11-10-20-18(13-24)16-4-2-1-3-5-16/h1-9,14,18,20H,10-13H2. The molecule has 1 aliphatic rings. The van der Waals surface area contributed by atoms with Crippen molar-refractivity contribution in [1.82, 2.24) is 30.4 Å². The maximum Gasteiger partial charge on any atom is 0.253 e. The molecule has 0 aliphatic carbocycles. The second-order valence-corrected chi connectivity index (χ2v) is 6.37. The molecule has 3 aromatic rings. The molecule has 7 heteroatoms. The maximum absolute atomic E-state index is 12.9. The second kappa shape index (κ2) is 7.45. The Morgan fingerprint density at radius 3 is 2.65 bits per heavy atom. The minimum Gasteiger partial charge on any atom is -0.335 e. The number of carbonyl (C=O) groups excluding carboxylic acids is 1. The average molecular weight is 348 g/mol. The third kappa shape index (κ3) is 3.62. The average Bonchev–Trinajstić information content (AvgIpc) is 3.22. The highest BCUT2D eigenvalue weighted by atomic mass is 16.2. The Morgan fingerprint density at radius 2 is 1.92 bits per heavy atom. The molecule has 1 aliphatic heterocycles. The highest BCUT2D eigenvalue weighted by Gasteiger charge is 2.24. The van der Waals surface area contributed by atoms with Crippen LogP contribution in [-0.4, -0.2) is 50.6 Å². The molecule has 1 amide bonds. The maximum atomic E-state index is 12.9. The number of aromatic nitrogens is 4. The fourth-order valence-electron chi connectivity index (χ4n) is 3.22. The Bertz CT molecular complexity index is 848. The van der Waals surface area contributed by atoms with Crippen molar-refractivity contribution in [2.75, 3.05) is 19.6 Å². The predicted molar refractivity (Wildman–Crippen MR) is 96.5 cm³/mol. The van der Waals surface area contributed by atoms with Gasteiger partial charge in [-0.05, 0) is 33.7 Å². The van der Waals surface area contributed by atoms with Gasteiger partial charge in [0.1, 0.15) is 6.33 Å². The van der Waals surface area contributed by atoms with Gasteiger partial charge in [0.05, 0.1) is 6.54 Å². The zero-order chi connectivity index (χ0) is 17.8. The number of rotatable bonds is 4. The zero-order valence-corrected chi connectivity index (χ0v) is 14.3. The fourth-order valence-corrected chi connectivity index (χ4v) is 3.22. The van der Waals surface area contributed by atoms with E-state index in [1.54, 1.807) is 11.0 Å².